The van der Waals surface area contributed by atoms with E-state index >= 15 is 0 Å². The van der Waals surface area contributed by atoms with Gasteiger partial charge in [0.25, 0.3) is 5.89 Å². The van der Waals surface area contributed by atoms with Crippen LogP contribution in [0.5, 0.6) is 0 Å². The molecule has 1 amide bonds. The predicted octanol–water partition coefficient (Wildman–Crippen LogP) is 2.77. The molecule has 0 radical (unpaired) electrons. The molecule has 7 heteroatoms. The molecule has 1 unspecified atom stereocenters. The van der Waals surface area contributed by atoms with Crippen LogP contribution in [0.15, 0.2) is 65.2 Å². The lowest BCUT2D eigenvalue weighted by Crippen LogP contribution is -2.51. The van der Waals surface area contributed by atoms with Gasteiger partial charge in [0.15, 0.2) is 0 Å². The number of hydrogen-bond acceptors (Lipinski definition) is 6. The summed E-state index contributed by atoms with van der Waals surface area (Å²) >= 11 is 0. The number of piperazine rings is 1. The third-order valence-corrected chi connectivity index (χ3v) is 5.06. The molecule has 0 aliphatic carbocycles. The molecule has 0 spiro atoms. The van der Waals surface area contributed by atoms with Gasteiger partial charge in [-0.1, -0.05) is 65.8 Å². The highest BCUT2D eigenvalue weighted by Crippen LogP contribution is 2.27. The molecule has 1 fully saturated rings. The lowest BCUT2D eigenvalue weighted by atomic mass is 10.1. The molecule has 0 bridgehead atoms. The number of nitrogens with zero attached hydrogens (tertiary/aromatic N) is 4. The summed E-state index contributed by atoms with van der Waals surface area (Å²) in [6.45, 7) is 2.84. The van der Waals surface area contributed by atoms with Gasteiger partial charge in [-0.25, -0.2) is 0 Å². The van der Waals surface area contributed by atoms with E-state index in [0.29, 0.717) is 24.8 Å². The smallest absolute Gasteiger partial charge is 0.251 e. The van der Waals surface area contributed by atoms with Crippen molar-refractivity contribution < 1.29 is 14.1 Å². The second-order valence-corrected chi connectivity index (χ2v) is 7.08. The van der Waals surface area contributed by atoms with E-state index in [0.717, 1.165) is 18.7 Å². The molecule has 2 aromatic carbocycles. The van der Waals surface area contributed by atoms with E-state index in [1.165, 1.54) is 12.7 Å². The van der Waals surface area contributed by atoms with Crippen molar-refractivity contribution in [3.63, 3.8) is 0 Å². The fourth-order valence-electron chi connectivity index (χ4n) is 3.62. The summed E-state index contributed by atoms with van der Waals surface area (Å²) in [7, 11) is 1.53. The lowest BCUT2D eigenvalue weighted by molar-refractivity contribution is -0.141. The van der Waals surface area contributed by atoms with Gasteiger partial charge < -0.3 is 14.2 Å². The number of carbonyl (C=O) groups excluding carboxylic acids is 1. The van der Waals surface area contributed by atoms with Crippen LogP contribution in [-0.4, -0.2) is 59.2 Å². The van der Waals surface area contributed by atoms with Crippen molar-refractivity contribution in [3.8, 4) is 11.4 Å². The van der Waals surface area contributed by atoms with Crippen molar-refractivity contribution in [1.29, 1.82) is 0 Å². The molecule has 1 saturated heterocycles. The van der Waals surface area contributed by atoms with Crippen LogP contribution in [0.25, 0.3) is 11.4 Å². The zero-order valence-electron chi connectivity index (χ0n) is 16.4. The standard InChI is InChI=1S/C22H24N4O3/c1-28-16-20(27)26-13-12-25(14-17-8-4-2-5-9-17)15-19(26)22-23-21(24-29-22)18-10-6-3-7-11-18/h2-11,19H,12-16H2,1H3. The van der Waals surface area contributed by atoms with E-state index in [4.69, 9.17) is 9.26 Å². The van der Waals surface area contributed by atoms with Crippen molar-refractivity contribution in [1.82, 2.24) is 19.9 Å². The van der Waals surface area contributed by atoms with E-state index in [1.54, 1.807) is 4.90 Å². The van der Waals surface area contributed by atoms with Gasteiger partial charge in [-0.05, 0) is 5.56 Å². The average molecular weight is 392 g/mol. The molecule has 7 nitrogen and oxygen atoms in total. The Morgan fingerprint density at radius 3 is 2.55 bits per heavy atom. The number of hydrogen-bond donors (Lipinski definition) is 0. The fraction of sp³-hybridized carbons (Fsp3) is 0.318. The van der Waals surface area contributed by atoms with Crippen molar-refractivity contribution in [2.45, 2.75) is 12.6 Å². The number of benzene rings is 2. The maximum atomic E-state index is 12.6. The summed E-state index contributed by atoms with van der Waals surface area (Å²) < 4.78 is 10.7. The van der Waals surface area contributed by atoms with Crippen LogP contribution in [0.1, 0.15) is 17.5 Å². The number of rotatable bonds is 6. The molecule has 1 aliphatic heterocycles. The molecule has 4 rings (SSSR count). The van der Waals surface area contributed by atoms with Gasteiger partial charge in [0.2, 0.25) is 11.7 Å². The minimum atomic E-state index is -0.305. The first-order valence-electron chi connectivity index (χ1n) is 9.68. The molecular weight excluding hydrogens is 368 g/mol. The van der Waals surface area contributed by atoms with Gasteiger partial charge in [0, 0.05) is 38.9 Å². The normalized spacial score (nSPS) is 17.4. The van der Waals surface area contributed by atoms with Crippen LogP contribution in [0.3, 0.4) is 0 Å². The van der Waals surface area contributed by atoms with Gasteiger partial charge in [-0.2, -0.15) is 4.98 Å². The van der Waals surface area contributed by atoms with E-state index in [9.17, 15) is 4.79 Å². The van der Waals surface area contributed by atoms with Crippen molar-refractivity contribution in [2.75, 3.05) is 33.4 Å². The molecule has 1 atom stereocenters. The summed E-state index contributed by atoms with van der Waals surface area (Å²) in [5, 5.41) is 4.14. The molecule has 29 heavy (non-hydrogen) atoms. The molecule has 3 aromatic rings. The van der Waals surface area contributed by atoms with Gasteiger partial charge in [0.05, 0.1) is 0 Å². The van der Waals surface area contributed by atoms with Gasteiger partial charge in [-0.15, -0.1) is 0 Å². The van der Waals surface area contributed by atoms with E-state index in [-0.39, 0.29) is 18.6 Å². The highest BCUT2D eigenvalue weighted by atomic mass is 16.5. The first-order valence-corrected chi connectivity index (χ1v) is 9.68. The Labute approximate surface area is 169 Å². The van der Waals surface area contributed by atoms with Gasteiger partial charge in [-0.3, -0.25) is 9.69 Å². The fourth-order valence-corrected chi connectivity index (χ4v) is 3.62. The van der Waals surface area contributed by atoms with E-state index in [2.05, 4.69) is 27.2 Å². The predicted molar refractivity (Wildman–Crippen MR) is 108 cm³/mol. The van der Waals surface area contributed by atoms with Crippen molar-refractivity contribution in [2.24, 2.45) is 0 Å². The largest absolute Gasteiger partial charge is 0.375 e. The molecule has 1 aliphatic rings. The molecular formula is C22H24N4O3. The quantitative estimate of drug-likeness (QED) is 0.642. The third-order valence-electron chi connectivity index (χ3n) is 5.06. The number of amides is 1. The zero-order chi connectivity index (χ0) is 20.1. The zero-order valence-corrected chi connectivity index (χ0v) is 16.4. The third kappa shape index (κ3) is 4.52. The van der Waals surface area contributed by atoms with E-state index < -0.39 is 0 Å². The van der Waals surface area contributed by atoms with Gasteiger partial charge in [0.1, 0.15) is 12.6 Å². The topological polar surface area (TPSA) is 71.7 Å². The summed E-state index contributed by atoms with van der Waals surface area (Å²) in [4.78, 5) is 21.3. The Balaban J connectivity index is 1.57. The van der Waals surface area contributed by atoms with Crippen LogP contribution in [0.2, 0.25) is 0 Å². The highest BCUT2D eigenvalue weighted by Gasteiger charge is 2.35. The monoisotopic (exact) mass is 392 g/mol. The molecule has 150 valence electrons. The SMILES string of the molecule is COCC(=O)N1CCN(Cc2ccccc2)CC1c1nc(-c2ccccc2)no1. The minimum absolute atomic E-state index is 0.0366. The van der Waals surface area contributed by atoms with Crippen LogP contribution >= 0.6 is 0 Å². The summed E-state index contributed by atoms with van der Waals surface area (Å²) in [6.07, 6.45) is 0. The second-order valence-electron chi connectivity index (χ2n) is 7.08. The number of methoxy groups -OCH3 is 1. The second kappa shape index (κ2) is 8.98. The Morgan fingerprint density at radius 2 is 1.83 bits per heavy atom. The Bertz CT molecular complexity index is 930. The maximum Gasteiger partial charge on any atom is 0.251 e. The number of carbonyl (C=O) groups is 1. The summed E-state index contributed by atoms with van der Waals surface area (Å²) in [5.74, 6) is 0.905. The Kier molecular flexibility index (Phi) is 5.97. The summed E-state index contributed by atoms with van der Waals surface area (Å²) in [6, 6.07) is 19.7. The lowest BCUT2D eigenvalue weighted by Gasteiger charge is -2.39. The van der Waals surface area contributed by atoms with Gasteiger partial charge >= 0.3 is 0 Å². The first-order chi connectivity index (χ1) is 14.2. The average Bonchev–Trinajstić information content (AvgIpc) is 3.25. The molecule has 0 N–H and O–H groups in total. The van der Waals surface area contributed by atoms with E-state index in [1.807, 2.05) is 48.5 Å². The Morgan fingerprint density at radius 1 is 1.10 bits per heavy atom. The summed E-state index contributed by atoms with van der Waals surface area (Å²) in [5.41, 5.74) is 2.12. The molecule has 0 saturated carbocycles. The number of aromatic nitrogens is 2. The minimum Gasteiger partial charge on any atom is -0.375 e. The highest BCUT2D eigenvalue weighted by molar-refractivity contribution is 5.78. The first kappa shape index (κ1) is 19.3. The maximum absolute atomic E-state index is 12.6. The molecule has 1 aromatic heterocycles. The van der Waals surface area contributed by atoms with Crippen LogP contribution in [0.4, 0.5) is 0 Å². The van der Waals surface area contributed by atoms with Crippen LogP contribution in [-0.2, 0) is 16.1 Å². The van der Waals surface area contributed by atoms with Crippen LogP contribution in [0, 0.1) is 0 Å². The molecule has 2 heterocycles. The Hall–Kier alpha value is -3.03. The van der Waals surface area contributed by atoms with Crippen LogP contribution < -0.4 is 0 Å². The van der Waals surface area contributed by atoms with Crippen molar-refractivity contribution >= 4 is 5.91 Å². The number of ether oxygens (including phenoxy) is 1. The van der Waals surface area contributed by atoms with Crippen molar-refractivity contribution in [3.05, 3.63) is 72.1 Å².